The van der Waals surface area contributed by atoms with Crippen LogP contribution < -0.4 is 5.32 Å². The fourth-order valence-electron chi connectivity index (χ4n) is 1.95. The minimum atomic E-state index is 0.0982. The molecule has 0 spiro atoms. The fraction of sp³-hybridized carbons (Fsp3) is 0.333. The number of rotatable bonds is 6. The lowest BCUT2D eigenvalue weighted by molar-refractivity contribution is 0.504. The lowest BCUT2D eigenvalue weighted by Gasteiger charge is -2.17. The molecule has 2 aromatic rings. The minimum Gasteiger partial charge on any atom is -0.307 e. The standard InChI is InChI=1S/C15H18ClN3/c1-2-8-17-14(15-18-9-5-10-19-15)11-12-6-3-4-7-13(12)16/h3-7,9-10,14,17H,2,8,11H2,1H3. The van der Waals surface area contributed by atoms with Gasteiger partial charge in [-0.05, 0) is 37.1 Å². The van der Waals surface area contributed by atoms with E-state index in [-0.39, 0.29) is 6.04 Å². The summed E-state index contributed by atoms with van der Waals surface area (Å²) in [6, 6.07) is 9.84. The highest BCUT2D eigenvalue weighted by Crippen LogP contribution is 2.21. The van der Waals surface area contributed by atoms with Crippen molar-refractivity contribution in [1.82, 2.24) is 15.3 Å². The summed E-state index contributed by atoms with van der Waals surface area (Å²) in [6.45, 7) is 3.08. The van der Waals surface area contributed by atoms with Crippen molar-refractivity contribution < 1.29 is 0 Å². The van der Waals surface area contributed by atoms with Crippen molar-refractivity contribution in [3.8, 4) is 0 Å². The Bertz CT molecular complexity index is 502. The average molecular weight is 276 g/mol. The number of hydrogen-bond donors (Lipinski definition) is 1. The van der Waals surface area contributed by atoms with Crippen LogP contribution in [0.25, 0.3) is 0 Å². The predicted octanol–water partition coefficient (Wildman–Crippen LogP) is 3.41. The summed E-state index contributed by atoms with van der Waals surface area (Å²) in [5.74, 6) is 0.816. The van der Waals surface area contributed by atoms with Gasteiger partial charge in [-0.3, -0.25) is 0 Å². The molecule has 100 valence electrons. The molecule has 0 fully saturated rings. The van der Waals surface area contributed by atoms with Gasteiger partial charge in [-0.25, -0.2) is 9.97 Å². The Kier molecular flexibility index (Phi) is 5.31. The predicted molar refractivity (Wildman–Crippen MR) is 78.2 cm³/mol. The Hall–Kier alpha value is -1.45. The van der Waals surface area contributed by atoms with E-state index in [0.717, 1.165) is 35.8 Å². The number of halogens is 1. The van der Waals surface area contributed by atoms with Crippen LogP contribution in [-0.4, -0.2) is 16.5 Å². The molecule has 1 aromatic heterocycles. The second-order valence-electron chi connectivity index (χ2n) is 4.41. The van der Waals surface area contributed by atoms with Gasteiger partial charge in [0.15, 0.2) is 0 Å². The van der Waals surface area contributed by atoms with Gasteiger partial charge < -0.3 is 5.32 Å². The summed E-state index contributed by atoms with van der Waals surface area (Å²) in [5.41, 5.74) is 1.12. The molecule has 0 radical (unpaired) electrons. The SMILES string of the molecule is CCCNC(Cc1ccccc1Cl)c1ncccn1. The molecule has 1 heterocycles. The summed E-state index contributed by atoms with van der Waals surface area (Å²) < 4.78 is 0. The lowest BCUT2D eigenvalue weighted by atomic mass is 10.0. The summed E-state index contributed by atoms with van der Waals surface area (Å²) in [6.07, 6.45) is 5.42. The Balaban J connectivity index is 2.17. The molecule has 0 aliphatic heterocycles. The van der Waals surface area contributed by atoms with E-state index in [1.165, 1.54) is 0 Å². The highest BCUT2D eigenvalue weighted by molar-refractivity contribution is 6.31. The van der Waals surface area contributed by atoms with Crippen LogP contribution in [-0.2, 0) is 6.42 Å². The summed E-state index contributed by atoms with van der Waals surface area (Å²) in [7, 11) is 0. The molecule has 1 atom stereocenters. The monoisotopic (exact) mass is 275 g/mol. The zero-order valence-corrected chi connectivity index (χ0v) is 11.8. The van der Waals surface area contributed by atoms with E-state index in [1.54, 1.807) is 12.4 Å². The number of benzene rings is 1. The summed E-state index contributed by atoms with van der Waals surface area (Å²) in [4.78, 5) is 8.68. The third-order valence-electron chi connectivity index (χ3n) is 2.92. The summed E-state index contributed by atoms with van der Waals surface area (Å²) in [5, 5.41) is 4.27. The van der Waals surface area contributed by atoms with Crippen molar-refractivity contribution in [2.24, 2.45) is 0 Å². The molecule has 1 N–H and O–H groups in total. The number of hydrogen-bond acceptors (Lipinski definition) is 3. The third kappa shape index (κ3) is 4.01. The Morgan fingerprint density at radius 1 is 1.16 bits per heavy atom. The first-order valence-corrected chi connectivity index (χ1v) is 6.92. The molecule has 0 bridgehead atoms. The Labute approximate surface area is 119 Å². The fourth-order valence-corrected chi connectivity index (χ4v) is 2.16. The first-order valence-electron chi connectivity index (χ1n) is 6.55. The molecule has 1 aromatic carbocycles. The van der Waals surface area contributed by atoms with Crippen molar-refractivity contribution in [3.63, 3.8) is 0 Å². The van der Waals surface area contributed by atoms with Gasteiger partial charge >= 0.3 is 0 Å². The van der Waals surface area contributed by atoms with Crippen LogP contribution in [0.3, 0.4) is 0 Å². The largest absolute Gasteiger partial charge is 0.307 e. The minimum absolute atomic E-state index is 0.0982. The summed E-state index contributed by atoms with van der Waals surface area (Å²) >= 11 is 6.22. The van der Waals surface area contributed by atoms with E-state index in [0.29, 0.717) is 0 Å². The molecule has 0 aliphatic rings. The molecule has 4 heteroatoms. The van der Waals surface area contributed by atoms with Gasteiger partial charge in [0.05, 0.1) is 6.04 Å². The highest BCUT2D eigenvalue weighted by atomic mass is 35.5. The van der Waals surface area contributed by atoms with Crippen molar-refractivity contribution in [2.75, 3.05) is 6.54 Å². The lowest BCUT2D eigenvalue weighted by Crippen LogP contribution is -2.26. The second-order valence-corrected chi connectivity index (χ2v) is 4.82. The quantitative estimate of drug-likeness (QED) is 0.878. The van der Waals surface area contributed by atoms with Crippen LogP contribution in [0.15, 0.2) is 42.7 Å². The van der Waals surface area contributed by atoms with Crippen molar-refractivity contribution in [2.45, 2.75) is 25.8 Å². The van der Waals surface area contributed by atoms with Crippen molar-refractivity contribution in [3.05, 3.63) is 59.1 Å². The van der Waals surface area contributed by atoms with Crippen LogP contribution in [0.2, 0.25) is 5.02 Å². The molecule has 0 amide bonds. The maximum Gasteiger partial charge on any atom is 0.145 e. The van der Waals surface area contributed by atoms with E-state index in [2.05, 4.69) is 22.2 Å². The van der Waals surface area contributed by atoms with Crippen LogP contribution >= 0.6 is 11.6 Å². The molecule has 0 aliphatic carbocycles. The zero-order valence-electron chi connectivity index (χ0n) is 11.0. The van der Waals surface area contributed by atoms with E-state index < -0.39 is 0 Å². The average Bonchev–Trinajstić information content (AvgIpc) is 2.46. The topological polar surface area (TPSA) is 37.8 Å². The van der Waals surface area contributed by atoms with Gasteiger partial charge in [0.25, 0.3) is 0 Å². The zero-order chi connectivity index (χ0) is 13.5. The van der Waals surface area contributed by atoms with Gasteiger partial charge in [0.2, 0.25) is 0 Å². The third-order valence-corrected chi connectivity index (χ3v) is 3.29. The smallest absolute Gasteiger partial charge is 0.145 e. The molecule has 0 saturated carbocycles. The number of nitrogens with zero attached hydrogens (tertiary/aromatic N) is 2. The molecule has 2 rings (SSSR count). The van der Waals surface area contributed by atoms with Crippen LogP contribution in [0.4, 0.5) is 0 Å². The Morgan fingerprint density at radius 3 is 2.58 bits per heavy atom. The Morgan fingerprint density at radius 2 is 1.89 bits per heavy atom. The van der Waals surface area contributed by atoms with Gasteiger partial charge in [-0.2, -0.15) is 0 Å². The second kappa shape index (κ2) is 7.22. The normalized spacial score (nSPS) is 12.3. The molecular weight excluding hydrogens is 258 g/mol. The van der Waals surface area contributed by atoms with E-state index >= 15 is 0 Å². The number of aromatic nitrogens is 2. The molecular formula is C15H18ClN3. The van der Waals surface area contributed by atoms with E-state index in [1.807, 2.05) is 30.3 Å². The van der Waals surface area contributed by atoms with Crippen molar-refractivity contribution in [1.29, 1.82) is 0 Å². The van der Waals surface area contributed by atoms with Crippen LogP contribution in [0.1, 0.15) is 30.8 Å². The maximum atomic E-state index is 6.22. The molecule has 19 heavy (non-hydrogen) atoms. The first-order chi connectivity index (χ1) is 9.31. The first kappa shape index (κ1) is 14.0. The van der Waals surface area contributed by atoms with Gasteiger partial charge in [0, 0.05) is 17.4 Å². The van der Waals surface area contributed by atoms with Gasteiger partial charge in [-0.15, -0.1) is 0 Å². The van der Waals surface area contributed by atoms with Gasteiger partial charge in [0.1, 0.15) is 5.82 Å². The van der Waals surface area contributed by atoms with Crippen molar-refractivity contribution >= 4 is 11.6 Å². The van der Waals surface area contributed by atoms with Gasteiger partial charge in [-0.1, -0.05) is 36.7 Å². The van der Waals surface area contributed by atoms with E-state index in [4.69, 9.17) is 11.6 Å². The molecule has 0 saturated heterocycles. The maximum absolute atomic E-state index is 6.22. The van der Waals surface area contributed by atoms with Crippen LogP contribution in [0, 0.1) is 0 Å². The number of nitrogens with one attached hydrogen (secondary N) is 1. The highest BCUT2D eigenvalue weighted by Gasteiger charge is 2.15. The van der Waals surface area contributed by atoms with E-state index in [9.17, 15) is 0 Å². The van der Waals surface area contributed by atoms with Crippen LogP contribution in [0.5, 0.6) is 0 Å². The molecule has 1 unspecified atom stereocenters. The molecule has 3 nitrogen and oxygen atoms in total.